The Bertz CT molecular complexity index is 852. The predicted octanol–water partition coefficient (Wildman–Crippen LogP) is 2.84. The monoisotopic (exact) mass is 355 g/mol. The van der Waals surface area contributed by atoms with Crippen molar-refractivity contribution >= 4 is 11.7 Å². The first-order chi connectivity index (χ1) is 12.5. The second-order valence-corrected chi connectivity index (χ2v) is 6.91. The number of aromatic nitrogens is 2. The van der Waals surface area contributed by atoms with Gasteiger partial charge in [-0.15, -0.1) is 0 Å². The maximum atomic E-state index is 12.9. The first-order valence-corrected chi connectivity index (χ1v) is 9.15. The van der Waals surface area contributed by atoms with Crippen LogP contribution in [0.1, 0.15) is 60.1 Å². The molecule has 2 aromatic rings. The second-order valence-electron chi connectivity index (χ2n) is 6.91. The van der Waals surface area contributed by atoms with E-state index in [9.17, 15) is 14.7 Å². The quantitative estimate of drug-likeness (QED) is 0.883. The molecule has 0 aliphatic heterocycles. The number of carbonyl (C=O) groups is 1. The van der Waals surface area contributed by atoms with Gasteiger partial charge in [0.05, 0.1) is 6.10 Å². The molecule has 26 heavy (non-hydrogen) atoms. The highest BCUT2D eigenvalue weighted by Crippen LogP contribution is 2.27. The zero-order valence-electron chi connectivity index (χ0n) is 15.2. The summed E-state index contributed by atoms with van der Waals surface area (Å²) < 4.78 is 1.64. The van der Waals surface area contributed by atoms with Crippen LogP contribution < -0.4 is 10.9 Å². The van der Waals surface area contributed by atoms with Crippen molar-refractivity contribution in [1.29, 1.82) is 0 Å². The molecule has 0 spiro atoms. The number of carbonyl (C=O) groups excluding carboxylic acids is 1. The van der Waals surface area contributed by atoms with Crippen molar-refractivity contribution in [3.05, 3.63) is 57.6 Å². The molecule has 2 heterocycles. The molecule has 1 saturated carbocycles. The molecule has 0 atom stereocenters. The molecular formula is C20H25N3O3. The lowest BCUT2D eigenvalue weighted by molar-refractivity contribution is 0.101. The maximum Gasteiger partial charge on any atom is 0.263 e. The first kappa shape index (κ1) is 18.3. The zero-order valence-corrected chi connectivity index (χ0v) is 15.2. The largest absolute Gasteiger partial charge is 0.393 e. The molecular weight excluding hydrogens is 330 g/mol. The Morgan fingerprint density at radius 3 is 2.73 bits per heavy atom. The van der Waals surface area contributed by atoms with Crippen LogP contribution in [0, 0.1) is 6.92 Å². The van der Waals surface area contributed by atoms with E-state index < -0.39 is 5.91 Å². The lowest BCUT2D eigenvalue weighted by Crippen LogP contribution is -2.34. The zero-order chi connectivity index (χ0) is 18.7. The third-order valence-corrected chi connectivity index (χ3v) is 5.09. The molecule has 1 aliphatic carbocycles. The minimum absolute atomic E-state index is 0.0274. The summed E-state index contributed by atoms with van der Waals surface area (Å²) in [6.07, 6.45) is 6.81. The number of aryl methyl sites for hydroxylation is 2. The summed E-state index contributed by atoms with van der Waals surface area (Å²) in [6.45, 7) is 3.79. The minimum Gasteiger partial charge on any atom is -0.393 e. The molecule has 2 aromatic heterocycles. The molecule has 3 rings (SSSR count). The van der Waals surface area contributed by atoms with Crippen molar-refractivity contribution in [2.45, 2.75) is 58.1 Å². The van der Waals surface area contributed by atoms with Gasteiger partial charge in [-0.3, -0.25) is 9.59 Å². The smallest absolute Gasteiger partial charge is 0.263 e. The van der Waals surface area contributed by atoms with Gasteiger partial charge < -0.3 is 15.0 Å². The Morgan fingerprint density at radius 1 is 1.31 bits per heavy atom. The Kier molecular flexibility index (Phi) is 5.52. The first-order valence-electron chi connectivity index (χ1n) is 9.15. The molecule has 1 fully saturated rings. The molecule has 1 amide bonds. The van der Waals surface area contributed by atoms with Crippen LogP contribution in [0.15, 0.2) is 35.4 Å². The fourth-order valence-corrected chi connectivity index (χ4v) is 3.48. The standard InChI is InChI=1S/C20H25N3O3/c1-3-14-8-10-21-17(12-14)22-19(25)18-13(2)9-11-23(20(18)26)15-4-6-16(24)7-5-15/h8-12,15-16,24H,3-7H2,1-2H3,(H,21,22,25). The molecule has 2 N–H and O–H groups in total. The fraction of sp³-hybridized carbons (Fsp3) is 0.450. The van der Waals surface area contributed by atoms with Crippen molar-refractivity contribution in [3.63, 3.8) is 0 Å². The third kappa shape index (κ3) is 3.85. The summed E-state index contributed by atoms with van der Waals surface area (Å²) in [7, 11) is 0. The van der Waals surface area contributed by atoms with Crippen LogP contribution in [-0.2, 0) is 6.42 Å². The van der Waals surface area contributed by atoms with E-state index in [1.54, 1.807) is 30.0 Å². The van der Waals surface area contributed by atoms with E-state index in [0.717, 1.165) is 24.8 Å². The van der Waals surface area contributed by atoms with Gasteiger partial charge >= 0.3 is 0 Å². The van der Waals surface area contributed by atoms with E-state index in [1.807, 2.05) is 19.1 Å². The fourth-order valence-electron chi connectivity index (χ4n) is 3.48. The van der Waals surface area contributed by atoms with E-state index in [4.69, 9.17) is 0 Å². The van der Waals surface area contributed by atoms with Gasteiger partial charge in [0.25, 0.3) is 11.5 Å². The molecule has 138 valence electrons. The lowest BCUT2D eigenvalue weighted by atomic mass is 9.92. The molecule has 0 bridgehead atoms. The van der Waals surface area contributed by atoms with Crippen LogP contribution in [0.2, 0.25) is 0 Å². The van der Waals surface area contributed by atoms with Crippen molar-refractivity contribution in [1.82, 2.24) is 9.55 Å². The molecule has 0 unspecified atom stereocenters. The number of rotatable bonds is 4. The van der Waals surface area contributed by atoms with Gasteiger partial charge in [-0.2, -0.15) is 0 Å². The summed E-state index contributed by atoms with van der Waals surface area (Å²) in [5.41, 5.74) is 1.59. The van der Waals surface area contributed by atoms with E-state index in [0.29, 0.717) is 24.2 Å². The van der Waals surface area contributed by atoms with Gasteiger partial charge in [-0.1, -0.05) is 6.92 Å². The third-order valence-electron chi connectivity index (χ3n) is 5.09. The SMILES string of the molecule is CCc1ccnc(NC(=O)c2c(C)ccn(C3CCC(O)CC3)c2=O)c1. The summed E-state index contributed by atoms with van der Waals surface area (Å²) >= 11 is 0. The normalized spacial score (nSPS) is 20.0. The molecule has 6 heteroatoms. The van der Waals surface area contributed by atoms with Gasteiger partial charge in [0.2, 0.25) is 0 Å². The van der Waals surface area contributed by atoms with Gasteiger partial charge in [-0.25, -0.2) is 4.98 Å². The number of nitrogens with zero attached hydrogens (tertiary/aromatic N) is 2. The van der Waals surface area contributed by atoms with Crippen molar-refractivity contribution in [3.8, 4) is 0 Å². The summed E-state index contributed by atoms with van der Waals surface area (Å²) in [5.74, 6) is 0.0165. The Hall–Kier alpha value is -2.47. The van der Waals surface area contributed by atoms with Crippen molar-refractivity contribution in [2.24, 2.45) is 0 Å². The predicted molar refractivity (Wildman–Crippen MR) is 101 cm³/mol. The van der Waals surface area contributed by atoms with Crippen LogP contribution in [0.4, 0.5) is 5.82 Å². The highest BCUT2D eigenvalue weighted by Gasteiger charge is 2.24. The van der Waals surface area contributed by atoms with E-state index in [2.05, 4.69) is 10.3 Å². The highest BCUT2D eigenvalue weighted by molar-refractivity contribution is 6.04. The van der Waals surface area contributed by atoms with Crippen LogP contribution >= 0.6 is 0 Å². The summed E-state index contributed by atoms with van der Waals surface area (Å²) in [4.78, 5) is 29.8. The van der Waals surface area contributed by atoms with E-state index in [1.165, 1.54) is 0 Å². The number of hydrogen-bond acceptors (Lipinski definition) is 4. The maximum absolute atomic E-state index is 12.9. The molecule has 0 aromatic carbocycles. The summed E-state index contributed by atoms with van der Waals surface area (Å²) in [5, 5.41) is 12.4. The van der Waals surface area contributed by atoms with Gasteiger partial charge in [-0.05, 0) is 68.4 Å². The van der Waals surface area contributed by atoms with E-state index >= 15 is 0 Å². The summed E-state index contributed by atoms with van der Waals surface area (Å²) in [6, 6.07) is 5.54. The van der Waals surface area contributed by atoms with Crippen molar-refractivity contribution in [2.75, 3.05) is 5.32 Å². The Morgan fingerprint density at radius 2 is 2.04 bits per heavy atom. The lowest BCUT2D eigenvalue weighted by Gasteiger charge is -2.27. The van der Waals surface area contributed by atoms with Crippen molar-refractivity contribution < 1.29 is 9.90 Å². The average Bonchev–Trinajstić information content (AvgIpc) is 2.63. The number of pyridine rings is 2. The van der Waals surface area contributed by atoms with Crippen LogP contribution in [0.3, 0.4) is 0 Å². The van der Waals surface area contributed by atoms with Crippen LogP contribution in [-0.4, -0.2) is 26.7 Å². The van der Waals surface area contributed by atoms with Crippen LogP contribution in [0.5, 0.6) is 0 Å². The number of nitrogens with one attached hydrogen (secondary N) is 1. The number of anilines is 1. The number of hydrogen-bond donors (Lipinski definition) is 2. The minimum atomic E-state index is -0.432. The molecule has 0 radical (unpaired) electrons. The average molecular weight is 355 g/mol. The number of aliphatic hydroxyl groups is 1. The van der Waals surface area contributed by atoms with Gasteiger partial charge in [0.15, 0.2) is 0 Å². The molecule has 1 aliphatic rings. The van der Waals surface area contributed by atoms with E-state index in [-0.39, 0.29) is 23.3 Å². The van der Waals surface area contributed by atoms with Gasteiger partial charge in [0, 0.05) is 18.4 Å². The number of aliphatic hydroxyl groups excluding tert-OH is 1. The Labute approximate surface area is 152 Å². The second kappa shape index (κ2) is 7.83. The van der Waals surface area contributed by atoms with Gasteiger partial charge in [0.1, 0.15) is 11.4 Å². The number of amides is 1. The topological polar surface area (TPSA) is 84.2 Å². The molecule has 0 saturated heterocycles. The highest BCUT2D eigenvalue weighted by atomic mass is 16.3. The Balaban J connectivity index is 1.87. The molecule has 6 nitrogen and oxygen atoms in total. The van der Waals surface area contributed by atoms with Crippen LogP contribution in [0.25, 0.3) is 0 Å².